The Hall–Kier alpha value is -2.77. The number of urea groups is 1. The molecule has 0 aromatic carbocycles. The minimum absolute atomic E-state index is 0.00599. The zero-order valence-corrected chi connectivity index (χ0v) is 14.7. The molecule has 1 unspecified atom stereocenters. The van der Waals surface area contributed by atoms with Gasteiger partial charge >= 0.3 is 12.0 Å². The van der Waals surface area contributed by atoms with Crippen molar-refractivity contribution in [3.63, 3.8) is 0 Å². The lowest BCUT2D eigenvalue weighted by molar-refractivity contribution is -0.141. The normalized spacial score (nSPS) is 15.4. The first kappa shape index (κ1) is 22.3. The second kappa shape index (κ2) is 10.4. The second-order valence-electron chi connectivity index (χ2n) is 5.84. The van der Waals surface area contributed by atoms with Crippen LogP contribution in [0.25, 0.3) is 0 Å². The highest BCUT2D eigenvalue weighted by molar-refractivity contribution is 5.83. The van der Waals surface area contributed by atoms with E-state index < -0.39 is 42.1 Å². The van der Waals surface area contributed by atoms with Crippen molar-refractivity contribution in [3.05, 3.63) is 11.7 Å². The molecule has 0 aliphatic heterocycles. The molecule has 152 valence electrons. The summed E-state index contributed by atoms with van der Waals surface area (Å²) in [6.07, 6.45) is -1.27. The Morgan fingerprint density at radius 2 is 1.93 bits per heavy atom. The van der Waals surface area contributed by atoms with E-state index in [0.717, 1.165) is 0 Å². The average molecular weight is 388 g/mol. The molecule has 0 fully saturated rings. The zero-order valence-electron chi connectivity index (χ0n) is 14.7. The number of hydrogen-bond donors (Lipinski definition) is 7. The monoisotopic (exact) mass is 388 g/mol. The number of carbonyl (C=O) groups is 3. The molecule has 0 saturated carbocycles. The van der Waals surface area contributed by atoms with Gasteiger partial charge in [0.1, 0.15) is 6.04 Å². The van der Waals surface area contributed by atoms with Crippen LogP contribution in [0, 0.1) is 0 Å². The molecule has 1 rings (SSSR count). The van der Waals surface area contributed by atoms with Crippen LogP contribution in [-0.4, -0.2) is 62.1 Å². The first-order valence-corrected chi connectivity index (χ1v) is 8.11. The number of amides is 3. The van der Waals surface area contributed by atoms with Gasteiger partial charge < -0.3 is 41.9 Å². The number of carboxylic acids is 1. The third-order valence-electron chi connectivity index (χ3n) is 3.55. The van der Waals surface area contributed by atoms with E-state index in [0.29, 0.717) is 0 Å². The number of aromatic nitrogens is 2. The Morgan fingerprint density at radius 3 is 2.44 bits per heavy atom. The van der Waals surface area contributed by atoms with Crippen LogP contribution in [-0.2, 0) is 9.59 Å². The van der Waals surface area contributed by atoms with Gasteiger partial charge in [-0.1, -0.05) is 5.16 Å². The average Bonchev–Trinajstić information content (AvgIpc) is 3.06. The third kappa shape index (κ3) is 7.16. The van der Waals surface area contributed by atoms with E-state index in [1.807, 2.05) is 0 Å². The number of aliphatic hydroxyl groups excluding tert-OH is 2. The molecule has 1 heterocycles. The van der Waals surface area contributed by atoms with E-state index in [-0.39, 0.29) is 37.6 Å². The first-order valence-electron chi connectivity index (χ1n) is 8.11. The number of carbonyl (C=O) groups excluding carboxylic acids is 2. The van der Waals surface area contributed by atoms with Crippen LogP contribution in [0.4, 0.5) is 4.79 Å². The van der Waals surface area contributed by atoms with Crippen molar-refractivity contribution in [1.82, 2.24) is 20.8 Å². The molecule has 0 aliphatic rings. The topological polar surface area (TPSA) is 227 Å². The number of nitrogens with zero attached hydrogens (tertiary/aromatic N) is 2. The lowest BCUT2D eigenvalue weighted by atomic mass is 10.1. The number of nitrogens with one attached hydrogen (secondary N) is 2. The minimum Gasteiger partial charge on any atom is -0.480 e. The smallest absolute Gasteiger partial charge is 0.328 e. The van der Waals surface area contributed by atoms with Crippen LogP contribution in [0.5, 0.6) is 0 Å². The largest absolute Gasteiger partial charge is 0.480 e. The number of hydrogen-bond acceptors (Lipinski definition) is 9. The molecular weight excluding hydrogens is 364 g/mol. The van der Waals surface area contributed by atoms with E-state index >= 15 is 0 Å². The molecule has 13 nitrogen and oxygen atoms in total. The summed E-state index contributed by atoms with van der Waals surface area (Å²) in [6, 6.07) is -4.12. The summed E-state index contributed by atoms with van der Waals surface area (Å²) in [5.41, 5.74) is 10.9. The van der Waals surface area contributed by atoms with E-state index in [9.17, 15) is 19.5 Å². The maximum atomic E-state index is 12.1. The molecule has 0 spiro atoms. The van der Waals surface area contributed by atoms with Crippen molar-refractivity contribution < 1.29 is 34.2 Å². The predicted octanol–water partition coefficient (Wildman–Crippen LogP) is -2.11. The summed E-state index contributed by atoms with van der Waals surface area (Å²) in [4.78, 5) is 38.2. The van der Waals surface area contributed by atoms with Crippen LogP contribution >= 0.6 is 0 Å². The molecule has 0 aliphatic carbocycles. The van der Waals surface area contributed by atoms with Crippen molar-refractivity contribution >= 4 is 17.9 Å². The third-order valence-corrected chi connectivity index (χ3v) is 3.55. The second-order valence-corrected chi connectivity index (χ2v) is 5.84. The van der Waals surface area contributed by atoms with Crippen molar-refractivity contribution in [3.8, 4) is 0 Å². The highest BCUT2D eigenvalue weighted by Crippen LogP contribution is 2.19. The van der Waals surface area contributed by atoms with Crippen LogP contribution in [0.15, 0.2) is 4.52 Å². The standard InChI is InChI=1S/C14H24N6O7/c1-6(22)10(13(24)25)18-14(26)17-8(2-3-9(16)23)12-19-11(20-27-12)7(15)4-5-21/h6-8,10,21-22H,2-5,15H2,1H3,(H2,16,23)(H,24,25)(H2,17,18,26)/t6?,7-,8+,10-/m0/s1. The van der Waals surface area contributed by atoms with Crippen molar-refractivity contribution in [2.75, 3.05) is 6.61 Å². The number of primary amides is 1. The lowest BCUT2D eigenvalue weighted by Gasteiger charge is -2.20. The zero-order chi connectivity index (χ0) is 20.6. The van der Waals surface area contributed by atoms with Gasteiger partial charge in [0.15, 0.2) is 11.9 Å². The summed E-state index contributed by atoms with van der Waals surface area (Å²) in [5, 5.41) is 35.5. The molecule has 0 bridgehead atoms. The quantitative estimate of drug-likeness (QED) is 0.218. The molecule has 1 aromatic rings. The molecule has 3 amide bonds. The Bertz CT molecular complexity index is 650. The highest BCUT2D eigenvalue weighted by atomic mass is 16.5. The maximum Gasteiger partial charge on any atom is 0.328 e. The SMILES string of the molecule is CC(O)[C@H](NC(=O)N[C@H](CCC(N)=O)c1nc([C@@H](N)CCO)no1)C(=O)O. The minimum atomic E-state index is -1.54. The molecule has 4 atom stereocenters. The highest BCUT2D eigenvalue weighted by Gasteiger charge is 2.28. The van der Waals surface area contributed by atoms with E-state index in [1.165, 1.54) is 6.92 Å². The molecular formula is C14H24N6O7. The van der Waals surface area contributed by atoms with Gasteiger partial charge in [0, 0.05) is 13.0 Å². The van der Waals surface area contributed by atoms with Crippen LogP contribution in [0.1, 0.15) is 50.0 Å². The van der Waals surface area contributed by atoms with Crippen molar-refractivity contribution in [1.29, 1.82) is 0 Å². The van der Waals surface area contributed by atoms with Gasteiger partial charge in [-0.2, -0.15) is 4.98 Å². The summed E-state index contributed by atoms with van der Waals surface area (Å²) in [7, 11) is 0. The van der Waals surface area contributed by atoms with E-state index in [2.05, 4.69) is 20.8 Å². The van der Waals surface area contributed by atoms with E-state index in [1.54, 1.807) is 0 Å². The van der Waals surface area contributed by atoms with Gasteiger partial charge in [-0.15, -0.1) is 0 Å². The molecule has 0 radical (unpaired) electrons. The molecule has 9 N–H and O–H groups in total. The number of nitrogens with two attached hydrogens (primary N) is 2. The number of rotatable bonds is 11. The van der Waals surface area contributed by atoms with Gasteiger partial charge in [-0.05, 0) is 19.8 Å². The summed E-state index contributed by atoms with van der Waals surface area (Å²) in [6.45, 7) is 1.02. The van der Waals surface area contributed by atoms with Gasteiger partial charge in [0.05, 0.1) is 12.1 Å². The summed E-state index contributed by atoms with van der Waals surface area (Å²) in [5.74, 6) is -2.04. The summed E-state index contributed by atoms with van der Waals surface area (Å²) >= 11 is 0. The lowest BCUT2D eigenvalue weighted by Crippen LogP contribution is -2.51. The van der Waals surface area contributed by atoms with Gasteiger partial charge in [0.2, 0.25) is 11.8 Å². The number of aliphatic hydroxyl groups is 2. The fraction of sp³-hybridized carbons (Fsp3) is 0.643. The Morgan fingerprint density at radius 1 is 1.26 bits per heavy atom. The number of aliphatic carboxylic acids is 1. The number of carboxylic acid groups (broad SMARTS) is 1. The molecule has 27 heavy (non-hydrogen) atoms. The van der Waals surface area contributed by atoms with Gasteiger partial charge in [-0.25, -0.2) is 9.59 Å². The van der Waals surface area contributed by atoms with Gasteiger partial charge in [0.25, 0.3) is 0 Å². The Balaban J connectivity index is 2.89. The van der Waals surface area contributed by atoms with Crippen LogP contribution in [0.2, 0.25) is 0 Å². The van der Waals surface area contributed by atoms with Gasteiger partial charge in [-0.3, -0.25) is 4.79 Å². The van der Waals surface area contributed by atoms with Crippen LogP contribution in [0.3, 0.4) is 0 Å². The Labute approximate surface area is 154 Å². The summed E-state index contributed by atoms with van der Waals surface area (Å²) < 4.78 is 5.04. The molecule has 13 heteroatoms. The van der Waals surface area contributed by atoms with Crippen LogP contribution < -0.4 is 22.1 Å². The fourth-order valence-electron chi connectivity index (χ4n) is 2.08. The van der Waals surface area contributed by atoms with Crippen molar-refractivity contribution in [2.45, 2.75) is 50.4 Å². The first-order chi connectivity index (χ1) is 12.6. The van der Waals surface area contributed by atoms with Crippen molar-refractivity contribution in [2.24, 2.45) is 11.5 Å². The Kier molecular flexibility index (Phi) is 8.58. The predicted molar refractivity (Wildman–Crippen MR) is 88.9 cm³/mol. The molecule has 1 aromatic heterocycles. The molecule has 0 saturated heterocycles. The van der Waals surface area contributed by atoms with E-state index in [4.69, 9.17) is 26.2 Å². The maximum absolute atomic E-state index is 12.1. The fourth-order valence-corrected chi connectivity index (χ4v) is 2.08.